The average Bonchev–Trinajstić information content (AvgIpc) is 4.27. The topological polar surface area (TPSA) is 289 Å². The van der Waals surface area contributed by atoms with Gasteiger partial charge in [-0.2, -0.15) is 0 Å². The highest BCUT2D eigenvalue weighted by Gasteiger charge is 2.49. The Bertz CT molecular complexity index is 3120. The van der Waals surface area contributed by atoms with Crippen molar-refractivity contribution >= 4 is 54.0 Å². The number of nitrogens with zero attached hydrogens (tertiary/aromatic N) is 12. The highest BCUT2D eigenvalue weighted by atomic mass is 35.5. The van der Waals surface area contributed by atoms with Crippen LogP contribution in [0.4, 0.5) is 25.8 Å². The van der Waals surface area contributed by atoms with Gasteiger partial charge >= 0.3 is 30.2 Å². The number of tetrazole rings is 2. The fraction of sp³-hybridized carbons (Fsp3) is 0.431. The quantitative estimate of drug-likeness (QED) is 0.108. The van der Waals surface area contributed by atoms with Crippen LogP contribution in [0, 0.1) is 11.8 Å². The third-order valence-electron chi connectivity index (χ3n) is 13.2. The lowest BCUT2D eigenvalue weighted by molar-refractivity contribution is -0.150. The molecule has 6 aromatic rings. The SMILES string of the molecule is CC(C)[C@H](N)C(=O)OC[C@@H]1OC(=O)N2c3ccc(-c4ccc(-c5nnnn5C)nc4)cc3C[C@@H]12.CC(C)[C@H](NC(=O)OC(C)(C)C)C(=O)OC[C@@H]1OC(=O)N2c3ccc(-c4ccc(-c5nnnn5C)nc4)cc3C[C@@H]12.Cl. The maximum atomic E-state index is 12.9. The van der Waals surface area contributed by atoms with Crippen LogP contribution in [0.3, 0.4) is 0 Å². The Kier molecular flexibility index (Phi) is 15.7. The Labute approximate surface area is 443 Å². The molecule has 10 rings (SSSR count). The Morgan fingerprint density at radius 3 is 1.51 bits per heavy atom. The van der Waals surface area contributed by atoms with E-state index in [1.807, 2.05) is 68.4 Å². The summed E-state index contributed by atoms with van der Waals surface area (Å²) >= 11 is 0. The van der Waals surface area contributed by atoms with E-state index in [9.17, 15) is 24.0 Å². The molecule has 25 heteroatoms. The van der Waals surface area contributed by atoms with Crippen molar-refractivity contribution in [3.8, 4) is 45.3 Å². The largest absolute Gasteiger partial charge is 0.460 e. The lowest BCUT2D eigenvalue weighted by Gasteiger charge is -2.25. The van der Waals surface area contributed by atoms with E-state index < -0.39 is 60.1 Å². The molecule has 0 radical (unpaired) electrons. The predicted octanol–water partition coefficient (Wildman–Crippen LogP) is 5.42. The zero-order valence-corrected chi connectivity index (χ0v) is 44.1. The first-order valence-electron chi connectivity index (χ1n) is 24.5. The van der Waals surface area contributed by atoms with Gasteiger partial charge in [-0.1, -0.05) is 52.0 Å². The number of anilines is 2. The van der Waals surface area contributed by atoms with Crippen molar-refractivity contribution in [3.05, 3.63) is 84.2 Å². The minimum absolute atomic E-state index is 0. The fourth-order valence-corrected chi connectivity index (χ4v) is 9.21. The van der Waals surface area contributed by atoms with E-state index in [2.05, 4.69) is 52.4 Å². The van der Waals surface area contributed by atoms with Gasteiger partial charge in [0.05, 0.1) is 23.5 Å². The van der Waals surface area contributed by atoms with E-state index in [1.54, 1.807) is 80.3 Å². The minimum Gasteiger partial charge on any atom is -0.460 e. The van der Waals surface area contributed by atoms with E-state index in [1.165, 1.54) is 0 Å². The first kappa shape index (κ1) is 54.2. The molecule has 3 N–H and O–H groups in total. The van der Waals surface area contributed by atoms with Crippen LogP contribution in [0.2, 0.25) is 0 Å². The average molecular weight is 1060 g/mol. The molecule has 2 aromatic carbocycles. The number of alkyl carbamates (subject to hydrolysis) is 1. The number of halogens is 1. The number of fused-ring (bicyclic) bond motifs is 6. The van der Waals surface area contributed by atoms with Crippen LogP contribution in [-0.4, -0.2) is 136 Å². The number of cyclic esters (lactones) is 2. The van der Waals surface area contributed by atoms with Crippen LogP contribution in [-0.2, 0) is 60.2 Å². The van der Waals surface area contributed by atoms with Crippen molar-refractivity contribution in [2.24, 2.45) is 31.7 Å². The Hall–Kier alpha value is -8.12. The molecule has 400 valence electrons. The molecule has 2 fully saturated rings. The van der Waals surface area contributed by atoms with E-state index in [0.717, 1.165) is 44.8 Å². The van der Waals surface area contributed by atoms with Gasteiger partial charge < -0.3 is 34.7 Å². The number of benzene rings is 2. The highest BCUT2D eigenvalue weighted by Crippen LogP contribution is 2.42. The summed E-state index contributed by atoms with van der Waals surface area (Å²) in [4.78, 5) is 74.9. The van der Waals surface area contributed by atoms with E-state index in [4.69, 9.17) is 29.4 Å². The van der Waals surface area contributed by atoms with Crippen molar-refractivity contribution in [1.29, 1.82) is 0 Å². The summed E-state index contributed by atoms with van der Waals surface area (Å²) < 4.78 is 30.3. The number of hydrogen-bond donors (Lipinski definition) is 2. The lowest BCUT2D eigenvalue weighted by Crippen LogP contribution is -2.48. The van der Waals surface area contributed by atoms with Gasteiger partial charge in [0.1, 0.15) is 42.3 Å². The number of nitrogens with one attached hydrogen (secondary N) is 1. The molecule has 3 amide bonds. The molecule has 0 bridgehead atoms. The number of amides is 3. The second kappa shape index (κ2) is 22.0. The van der Waals surface area contributed by atoms with Crippen LogP contribution < -0.4 is 20.9 Å². The summed E-state index contributed by atoms with van der Waals surface area (Å²) in [6.45, 7) is 12.4. The number of aryl methyl sites for hydroxylation is 2. The molecule has 4 aliphatic rings. The van der Waals surface area contributed by atoms with Crippen LogP contribution in [0.25, 0.3) is 45.3 Å². The van der Waals surface area contributed by atoms with Crippen LogP contribution in [0.1, 0.15) is 59.6 Å². The molecular formula is C51H59ClN14O10. The molecule has 76 heavy (non-hydrogen) atoms. The maximum absolute atomic E-state index is 12.9. The van der Waals surface area contributed by atoms with Gasteiger partial charge in [0.25, 0.3) is 0 Å². The van der Waals surface area contributed by atoms with Gasteiger partial charge in [0.15, 0.2) is 23.9 Å². The number of esters is 2. The van der Waals surface area contributed by atoms with Gasteiger partial charge in [-0.25, -0.2) is 28.5 Å². The van der Waals surface area contributed by atoms with Crippen LogP contribution in [0.15, 0.2) is 73.1 Å². The number of nitrogens with two attached hydrogens (primary N) is 1. The predicted molar refractivity (Wildman–Crippen MR) is 275 cm³/mol. The van der Waals surface area contributed by atoms with E-state index in [0.29, 0.717) is 35.9 Å². The molecule has 0 unspecified atom stereocenters. The van der Waals surface area contributed by atoms with E-state index in [-0.39, 0.29) is 49.5 Å². The second-order valence-corrected chi connectivity index (χ2v) is 20.3. The number of carbonyl (C=O) groups excluding carboxylic acids is 5. The zero-order valence-electron chi connectivity index (χ0n) is 43.3. The number of rotatable bonds is 13. The van der Waals surface area contributed by atoms with Crippen molar-refractivity contribution in [2.75, 3.05) is 23.0 Å². The molecule has 24 nitrogen and oxygen atoms in total. The number of carbonyl (C=O) groups is 5. The molecule has 4 aliphatic heterocycles. The first-order valence-corrected chi connectivity index (χ1v) is 24.5. The second-order valence-electron chi connectivity index (χ2n) is 20.3. The molecule has 6 atom stereocenters. The molecule has 8 heterocycles. The number of aromatic nitrogens is 10. The summed E-state index contributed by atoms with van der Waals surface area (Å²) in [7, 11) is 3.51. The molecule has 0 spiro atoms. The smallest absolute Gasteiger partial charge is 0.415 e. The molecular weight excluding hydrogens is 1000 g/mol. The molecule has 0 saturated carbocycles. The van der Waals surface area contributed by atoms with Crippen molar-refractivity contribution < 1.29 is 47.7 Å². The Morgan fingerprint density at radius 2 is 1.13 bits per heavy atom. The normalized spacial score (nSPS) is 18.8. The summed E-state index contributed by atoms with van der Waals surface area (Å²) in [5.74, 6) is -0.240. The summed E-state index contributed by atoms with van der Waals surface area (Å²) in [6.07, 6.45) is 1.84. The third kappa shape index (κ3) is 11.3. The monoisotopic (exact) mass is 1060 g/mol. The Balaban J connectivity index is 0.000000202. The summed E-state index contributed by atoms with van der Waals surface area (Å²) in [5.41, 5.74) is 13.8. The van der Waals surface area contributed by atoms with Gasteiger partial charge in [0, 0.05) is 37.6 Å². The van der Waals surface area contributed by atoms with Crippen molar-refractivity contribution in [1.82, 2.24) is 55.7 Å². The summed E-state index contributed by atoms with van der Waals surface area (Å²) in [5, 5.41) is 25.5. The van der Waals surface area contributed by atoms with E-state index >= 15 is 0 Å². The minimum atomic E-state index is -0.911. The number of pyridine rings is 2. The number of ether oxygens (including phenoxy) is 5. The molecule has 2 saturated heterocycles. The highest BCUT2D eigenvalue weighted by molar-refractivity contribution is 5.95. The van der Waals surface area contributed by atoms with Crippen molar-refractivity contribution in [2.45, 2.75) is 103 Å². The summed E-state index contributed by atoms with van der Waals surface area (Å²) in [6, 6.07) is 17.2. The molecule has 0 aliphatic carbocycles. The molecule has 4 aromatic heterocycles. The van der Waals surface area contributed by atoms with Gasteiger partial charge in [-0.3, -0.25) is 24.6 Å². The fourth-order valence-electron chi connectivity index (χ4n) is 9.21. The van der Waals surface area contributed by atoms with Crippen molar-refractivity contribution in [3.63, 3.8) is 0 Å². The van der Waals surface area contributed by atoms with Gasteiger partial charge in [-0.05, 0) is 125 Å². The van der Waals surface area contributed by atoms with Gasteiger partial charge in [-0.15, -0.1) is 22.6 Å². The standard InChI is InChI=1S/C28H33N7O6.C23H25N7O4.ClH/c1-15(2)23(30-26(37)41-28(3,4)5)25(36)39-14-22-21-12-18-11-16(8-10-20(18)35(21)27(38)40-22)17-7-9-19(29-13-17)24-31-32-33-34(24)6;1-12(2)20(24)22(31)33-11-19-18-9-15-8-13(5-7-17(15)30(18)23(32)34-19)14-4-6-16(25-10-14)21-26-27-28-29(21)3;/h7-11,13,15,21-23H,12,14H2,1-6H3,(H,30,37);4-8,10,12,18-20H,9,11,24H2,1-3H3;1H/t21-,22-,23-;18-,19-,20-;/m00./s1. The maximum Gasteiger partial charge on any atom is 0.415 e. The van der Waals surface area contributed by atoms with Crippen LogP contribution in [0.5, 0.6) is 0 Å². The lowest BCUT2D eigenvalue weighted by atomic mass is 10.0. The van der Waals surface area contributed by atoms with Crippen LogP contribution >= 0.6 is 12.4 Å². The first-order chi connectivity index (χ1) is 35.7. The van der Waals surface area contributed by atoms with Gasteiger partial charge in [0.2, 0.25) is 0 Å². The Morgan fingerprint density at radius 1 is 0.684 bits per heavy atom. The zero-order chi connectivity index (χ0) is 53.5. The third-order valence-corrected chi connectivity index (χ3v) is 13.2. The number of hydrogen-bond acceptors (Lipinski definition) is 19.